The highest BCUT2D eigenvalue weighted by Gasteiger charge is 2.60. The Bertz CT molecular complexity index is 1360. The molecule has 0 spiro atoms. The monoisotopic (exact) mass is 487 g/mol. The van der Waals surface area contributed by atoms with Crippen molar-refractivity contribution in [1.29, 1.82) is 0 Å². The number of rotatable bonds is 3. The number of benzene rings is 1. The van der Waals surface area contributed by atoms with E-state index in [-0.39, 0.29) is 54.1 Å². The molecule has 1 aromatic carbocycles. The van der Waals surface area contributed by atoms with E-state index in [4.69, 9.17) is 9.47 Å². The number of carbonyl (C=O) groups excluding carboxylic acids is 2. The SMILES string of the molecule is CC(=O)OC1C[C@H]2[C@@H]3OC4=C(C=C3CC[C@]2(C)[C@H]1c1ccc2cnccc2c1)C(=O)CC(C(=O)O)C4. The van der Waals surface area contributed by atoms with Crippen LogP contribution in [0.2, 0.25) is 0 Å². The molecule has 0 amide bonds. The molecule has 7 nitrogen and oxygen atoms in total. The zero-order valence-electron chi connectivity index (χ0n) is 20.4. The zero-order valence-corrected chi connectivity index (χ0v) is 20.4. The molecule has 186 valence electrons. The molecule has 1 N–H and O–H groups in total. The van der Waals surface area contributed by atoms with Gasteiger partial charge in [0.15, 0.2) is 5.78 Å². The van der Waals surface area contributed by atoms with Crippen molar-refractivity contribution in [2.24, 2.45) is 17.3 Å². The standard InChI is InChI=1S/C29H29NO6/c1-15(31)35-25-13-22-27-18(10-21-23(32)11-20(28(33)34)12-24(21)36-27)5-7-29(22,2)26(25)17-3-4-19-14-30-8-6-16(19)9-17/h3-4,6,8-10,14,20,22,25-27H,5,7,11-13H2,1-2H3,(H,33,34)/t20?,22-,25?,26-,27+,29-/m0/s1. The Labute approximate surface area is 209 Å². The number of ketones is 1. The lowest BCUT2D eigenvalue weighted by Gasteiger charge is -2.48. The summed E-state index contributed by atoms with van der Waals surface area (Å²) in [5.74, 6) is -1.62. The molecule has 2 saturated carbocycles. The van der Waals surface area contributed by atoms with E-state index >= 15 is 0 Å². The molecule has 3 aliphatic carbocycles. The molecule has 36 heavy (non-hydrogen) atoms. The number of hydrogen-bond acceptors (Lipinski definition) is 6. The predicted molar refractivity (Wildman–Crippen MR) is 131 cm³/mol. The van der Waals surface area contributed by atoms with Crippen molar-refractivity contribution in [3.8, 4) is 0 Å². The number of carbonyl (C=O) groups is 3. The molecule has 1 aromatic heterocycles. The maximum absolute atomic E-state index is 12.7. The molecule has 0 bridgehead atoms. The van der Waals surface area contributed by atoms with Crippen molar-refractivity contribution in [3.05, 3.63) is 65.2 Å². The second-order valence-corrected chi connectivity index (χ2v) is 10.9. The van der Waals surface area contributed by atoms with E-state index in [0.717, 1.165) is 34.8 Å². The number of nitrogens with zero attached hydrogens (tertiary/aromatic N) is 1. The first-order valence-corrected chi connectivity index (χ1v) is 12.6. The van der Waals surface area contributed by atoms with Crippen LogP contribution >= 0.6 is 0 Å². The summed E-state index contributed by atoms with van der Waals surface area (Å²) >= 11 is 0. The molecule has 6 rings (SSSR count). The number of ether oxygens (including phenoxy) is 2. The first kappa shape index (κ1) is 23.0. The van der Waals surface area contributed by atoms with E-state index in [1.54, 1.807) is 6.20 Å². The number of pyridine rings is 1. The summed E-state index contributed by atoms with van der Waals surface area (Å²) in [6.45, 7) is 3.71. The molecule has 6 atom stereocenters. The van der Waals surface area contributed by atoms with Crippen LogP contribution in [0.1, 0.15) is 57.4 Å². The maximum Gasteiger partial charge on any atom is 0.307 e. The molecule has 7 heteroatoms. The van der Waals surface area contributed by atoms with Gasteiger partial charge in [0, 0.05) is 49.4 Å². The fourth-order valence-electron chi connectivity index (χ4n) is 7.15. The van der Waals surface area contributed by atoms with E-state index < -0.39 is 11.9 Å². The van der Waals surface area contributed by atoms with E-state index in [2.05, 4.69) is 30.1 Å². The Morgan fingerprint density at radius 2 is 2.03 bits per heavy atom. The average molecular weight is 488 g/mol. The number of fused-ring (bicyclic) bond motifs is 4. The number of carboxylic acid groups (broad SMARTS) is 1. The van der Waals surface area contributed by atoms with Crippen molar-refractivity contribution in [2.45, 2.75) is 64.1 Å². The highest BCUT2D eigenvalue weighted by Crippen LogP contribution is 2.62. The number of carboxylic acids is 1. The van der Waals surface area contributed by atoms with Gasteiger partial charge in [-0.25, -0.2) is 0 Å². The number of Topliss-reactive ketones (excluding diaryl/α,β-unsaturated/α-hetero) is 1. The van der Waals surface area contributed by atoms with Crippen molar-refractivity contribution in [3.63, 3.8) is 0 Å². The third-order valence-electron chi connectivity index (χ3n) is 8.85. The highest BCUT2D eigenvalue weighted by molar-refractivity contribution is 6.01. The van der Waals surface area contributed by atoms with Gasteiger partial charge in [0.2, 0.25) is 0 Å². The summed E-state index contributed by atoms with van der Waals surface area (Å²) in [6.07, 6.45) is 7.60. The first-order chi connectivity index (χ1) is 17.2. The molecule has 1 aliphatic heterocycles. The molecule has 2 fully saturated rings. The average Bonchev–Trinajstić information content (AvgIpc) is 3.14. The predicted octanol–water partition coefficient (Wildman–Crippen LogP) is 4.71. The Kier molecular flexibility index (Phi) is 5.28. The van der Waals surface area contributed by atoms with Crippen molar-refractivity contribution < 1.29 is 29.0 Å². The summed E-state index contributed by atoms with van der Waals surface area (Å²) < 4.78 is 12.4. The van der Waals surface area contributed by atoms with Crippen molar-refractivity contribution in [2.75, 3.05) is 0 Å². The minimum absolute atomic E-state index is 0.00996. The van der Waals surface area contributed by atoms with Crippen LogP contribution in [0.3, 0.4) is 0 Å². The summed E-state index contributed by atoms with van der Waals surface area (Å²) in [7, 11) is 0. The largest absolute Gasteiger partial charge is 0.489 e. The zero-order chi connectivity index (χ0) is 25.2. The molecular weight excluding hydrogens is 458 g/mol. The summed E-state index contributed by atoms with van der Waals surface area (Å²) in [4.78, 5) is 40.7. The van der Waals surface area contributed by atoms with Crippen molar-refractivity contribution in [1.82, 2.24) is 4.98 Å². The van der Waals surface area contributed by atoms with Crippen LogP contribution < -0.4 is 0 Å². The first-order valence-electron chi connectivity index (χ1n) is 12.6. The minimum atomic E-state index is -0.968. The molecule has 2 aromatic rings. The third kappa shape index (κ3) is 3.55. The molecular formula is C29H29NO6. The van der Waals surface area contributed by atoms with E-state index in [0.29, 0.717) is 17.8 Å². The second-order valence-electron chi connectivity index (χ2n) is 10.9. The summed E-state index contributed by atoms with van der Waals surface area (Å²) in [5.41, 5.74) is 2.56. The Morgan fingerprint density at radius 3 is 2.81 bits per heavy atom. The van der Waals surface area contributed by atoms with Gasteiger partial charge in [0.25, 0.3) is 0 Å². The van der Waals surface area contributed by atoms with Crippen LogP contribution in [0.5, 0.6) is 0 Å². The lowest BCUT2D eigenvalue weighted by atomic mass is 9.61. The third-order valence-corrected chi connectivity index (χ3v) is 8.85. The van der Waals surface area contributed by atoms with Crippen LogP contribution in [0.15, 0.2) is 59.6 Å². The number of aromatic nitrogens is 1. The summed E-state index contributed by atoms with van der Waals surface area (Å²) in [6, 6.07) is 8.36. The Balaban J connectivity index is 1.38. The van der Waals surface area contributed by atoms with E-state index in [1.165, 1.54) is 6.92 Å². The van der Waals surface area contributed by atoms with Crippen LogP contribution in [0.25, 0.3) is 10.8 Å². The van der Waals surface area contributed by atoms with Crippen LogP contribution in [-0.4, -0.2) is 40.0 Å². The van der Waals surface area contributed by atoms with Gasteiger partial charge in [-0.1, -0.05) is 25.1 Å². The number of aliphatic carboxylic acids is 1. The second kappa shape index (κ2) is 8.29. The molecule has 4 aliphatic rings. The van der Waals surface area contributed by atoms with Crippen LogP contribution in [-0.2, 0) is 23.9 Å². The maximum atomic E-state index is 12.7. The van der Waals surface area contributed by atoms with Gasteiger partial charge in [-0.2, -0.15) is 0 Å². The quantitative estimate of drug-likeness (QED) is 0.625. The lowest BCUT2D eigenvalue weighted by molar-refractivity contribution is -0.147. The number of hydrogen-bond donors (Lipinski definition) is 1. The Hall–Kier alpha value is -3.48. The fraction of sp³-hybridized carbons (Fsp3) is 0.448. The highest BCUT2D eigenvalue weighted by atomic mass is 16.5. The van der Waals surface area contributed by atoms with Gasteiger partial charge in [-0.3, -0.25) is 19.4 Å². The van der Waals surface area contributed by atoms with Gasteiger partial charge < -0.3 is 14.6 Å². The lowest BCUT2D eigenvalue weighted by Crippen LogP contribution is -2.44. The molecule has 2 unspecified atom stereocenters. The minimum Gasteiger partial charge on any atom is -0.489 e. The van der Waals surface area contributed by atoms with E-state index in [1.807, 2.05) is 18.3 Å². The number of allylic oxidation sites excluding steroid dienone is 3. The van der Waals surface area contributed by atoms with E-state index in [9.17, 15) is 19.5 Å². The van der Waals surface area contributed by atoms with Crippen LogP contribution in [0, 0.1) is 17.3 Å². The topological polar surface area (TPSA) is 103 Å². The fourth-order valence-corrected chi connectivity index (χ4v) is 7.15. The molecule has 0 saturated heterocycles. The smallest absolute Gasteiger partial charge is 0.307 e. The van der Waals surface area contributed by atoms with Gasteiger partial charge >= 0.3 is 11.9 Å². The molecule has 0 radical (unpaired) electrons. The van der Waals surface area contributed by atoms with Gasteiger partial charge in [-0.05, 0) is 53.3 Å². The summed E-state index contributed by atoms with van der Waals surface area (Å²) in [5, 5.41) is 11.7. The molecule has 2 heterocycles. The Morgan fingerprint density at radius 1 is 1.19 bits per heavy atom. The van der Waals surface area contributed by atoms with Gasteiger partial charge in [-0.15, -0.1) is 0 Å². The van der Waals surface area contributed by atoms with Gasteiger partial charge in [0.1, 0.15) is 18.0 Å². The van der Waals surface area contributed by atoms with Crippen LogP contribution in [0.4, 0.5) is 0 Å². The number of esters is 1. The van der Waals surface area contributed by atoms with Gasteiger partial charge in [0.05, 0.1) is 11.5 Å². The normalized spacial score (nSPS) is 33.2. The van der Waals surface area contributed by atoms with Crippen molar-refractivity contribution >= 4 is 28.5 Å².